The van der Waals surface area contributed by atoms with Gasteiger partial charge < -0.3 is 30.3 Å². The predicted molar refractivity (Wildman–Crippen MR) is 170 cm³/mol. The number of carbonyl (C=O) groups is 2. The molecule has 0 spiro atoms. The van der Waals surface area contributed by atoms with E-state index < -0.39 is 58.8 Å². The molecule has 1 saturated carbocycles. The lowest BCUT2D eigenvalue weighted by molar-refractivity contribution is -0.265. The summed E-state index contributed by atoms with van der Waals surface area (Å²) in [6.45, 7) is 4.72. The molecule has 0 radical (unpaired) electrons. The molecule has 3 atom stereocenters. The average Bonchev–Trinajstić information content (AvgIpc) is 3.67. The smallest absolute Gasteiger partial charge is 0.424 e. The summed E-state index contributed by atoms with van der Waals surface area (Å²) < 4.78 is 70.5. The number of hydrogen-bond acceptors (Lipinski definition) is 8. The minimum Gasteiger partial charge on any atom is -0.494 e. The number of halogens is 4. The van der Waals surface area contributed by atoms with Crippen molar-refractivity contribution in [3.63, 3.8) is 0 Å². The zero-order valence-electron chi connectivity index (χ0n) is 27.3. The second-order valence-corrected chi connectivity index (χ2v) is 13.3. The fraction of sp³-hybridized carbons (Fsp3) is 0.371. The van der Waals surface area contributed by atoms with E-state index in [1.807, 2.05) is 0 Å². The Bertz CT molecular complexity index is 2010. The molecule has 1 fully saturated rings. The number of methoxy groups -OCH3 is 1. The molecule has 6 rings (SSSR count). The van der Waals surface area contributed by atoms with Crippen LogP contribution in [0.1, 0.15) is 53.0 Å². The van der Waals surface area contributed by atoms with Gasteiger partial charge in [-0.1, -0.05) is 0 Å². The molecular weight excluding hydrogens is 648 g/mol. The van der Waals surface area contributed by atoms with Crippen LogP contribution >= 0.6 is 0 Å². The van der Waals surface area contributed by atoms with E-state index in [2.05, 4.69) is 20.6 Å². The minimum absolute atomic E-state index is 0.0186. The number of nitrogens with zero attached hydrogens (tertiary/aromatic N) is 2. The monoisotopic (exact) mass is 682 g/mol. The van der Waals surface area contributed by atoms with Crippen molar-refractivity contribution in [3.05, 3.63) is 82.4 Å². The second kappa shape index (κ2) is 11.7. The number of benzene rings is 2. The number of aromatic nitrogens is 2. The molecule has 14 heteroatoms. The summed E-state index contributed by atoms with van der Waals surface area (Å²) in [6, 6.07) is 9.28. The standard InChI is InChI=1S/C35H34F4N4O6/c1-17-8-20-10-21(11-24(48-5)27(20)40-14-17)30(44)41-16-34(47,35(37,38)39)25-12-22-29(28(43-25)19-6-7-23(36)18(2)9-19)49-26-13-33(22,26)31(45)42-15-32(3,4)46/h6-12,14,26,46-47H,13,15-16H2,1-5H3,(H,41,44)(H,42,45)/t26?,33-,34+/m1/s1. The molecule has 49 heavy (non-hydrogen) atoms. The molecule has 2 aliphatic rings. The molecule has 4 aromatic rings. The van der Waals surface area contributed by atoms with Crippen molar-refractivity contribution in [3.8, 4) is 22.8 Å². The highest BCUT2D eigenvalue weighted by Crippen LogP contribution is 2.61. The Morgan fingerprint density at radius 1 is 1.06 bits per heavy atom. The molecule has 10 nitrogen and oxygen atoms in total. The number of aliphatic hydroxyl groups is 2. The van der Waals surface area contributed by atoms with Crippen molar-refractivity contribution < 1.29 is 46.8 Å². The Morgan fingerprint density at radius 2 is 1.80 bits per heavy atom. The van der Waals surface area contributed by atoms with E-state index >= 15 is 0 Å². The third-order valence-electron chi connectivity index (χ3n) is 8.89. The fourth-order valence-electron chi connectivity index (χ4n) is 6.06. The molecule has 4 N–H and O–H groups in total. The maximum Gasteiger partial charge on any atom is 0.424 e. The van der Waals surface area contributed by atoms with Gasteiger partial charge in [0.1, 0.15) is 34.3 Å². The first-order valence-electron chi connectivity index (χ1n) is 15.4. The first-order valence-corrected chi connectivity index (χ1v) is 15.4. The van der Waals surface area contributed by atoms with Crippen LogP contribution in [0, 0.1) is 19.7 Å². The largest absolute Gasteiger partial charge is 0.494 e. The van der Waals surface area contributed by atoms with Crippen LogP contribution < -0.4 is 20.1 Å². The van der Waals surface area contributed by atoms with Crippen molar-refractivity contribution in [1.29, 1.82) is 0 Å². The van der Waals surface area contributed by atoms with Crippen molar-refractivity contribution in [1.82, 2.24) is 20.6 Å². The van der Waals surface area contributed by atoms with Crippen molar-refractivity contribution in [2.24, 2.45) is 0 Å². The first-order chi connectivity index (χ1) is 22.9. The number of carbonyl (C=O) groups excluding carboxylic acids is 2. The minimum atomic E-state index is -5.38. The molecule has 1 aliphatic heterocycles. The van der Waals surface area contributed by atoms with Crippen LogP contribution in [0.2, 0.25) is 0 Å². The number of fused-ring (bicyclic) bond motifs is 4. The second-order valence-electron chi connectivity index (χ2n) is 13.3. The fourth-order valence-corrected chi connectivity index (χ4v) is 6.06. The zero-order chi connectivity index (χ0) is 35.7. The maximum atomic E-state index is 15.0. The Labute approximate surface area is 278 Å². The molecule has 1 unspecified atom stereocenters. The molecule has 258 valence electrons. The van der Waals surface area contributed by atoms with E-state index in [1.165, 1.54) is 52.1 Å². The van der Waals surface area contributed by atoms with Crippen LogP contribution in [-0.2, 0) is 15.8 Å². The van der Waals surface area contributed by atoms with E-state index in [0.717, 1.165) is 17.7 Å². The highest BCUT2D eigenvalue weighted by molar-refractivity contribution is 6.00. The molecule has 1 aliphatic carbocycles. The van der Waals surface area contributed by atoms with Gasteiger partial charge in [0.2, 0.25) is 11.5 Å². The summed E-state index contributed by atoms with van der Waals surface area (Å²) in [7, 11) is 1.37. The van der Waals surface area contributed by atoms with Gasteiger partial charge in [0, 0.05) is 41.2 Å². The molecule has 2 aromatic carbocycles. The third-order valence-corrected chi connectivity index (χ3v) is 8.89. The van der Waals surface area contributed by atoms with Gasteiger partial charge in [0.25, 0.3) is 5.91 Å². The van der Waals surface area contributed by atoms with Crippen LogP contribution in [0.4, 0.5) is 17.6 Å². The van der Waals surface area contributed by atoms with Crippen molar-refractivity contribution in [2.75, 3.05) is 20.2 Å². The summed E-state index contributed by atoms with van der Waals surface area (Å²) in [5.41, 5.74) is -5.91. The van der Waals surface area contributed by atoms with E-state index in [0.29, 0.717) is 10.9 Å². The number of amides is 2. The summed E-state index contributed by atoms with van der Waals surface area (Å²) in [6.07, 6.45) is -4.39. The van der Waals surface area contributed by atoms with Crippen molar-refractivity contribution >= 4 is 22.7 Å². The number of ether oxygens (including phenoxy) is 2. The summed E-state index contributed by atoms with van der Waals surface area (Å²) in [4.78, 5) is 35.4. The average molecular weight is 683 g/mol. The number of rotatable bonds is 9. The Morgan fingerprint density at radius 3 is 2.45 bits per heavy atom. The lowest BCUT2D eigenvalue weighted by Gasteiger charge is -2.31. The predicted octanol–water partition coefficient (Wildman–Crippen LogP) is 4.53. The number of pyridine rings is 2. The Balaban J connectivity index is 1.43. The summed E-state index contributed by atoms with van der Waals surface area (Å²) in [5.74, 6) is -1.84. The number of alkyl halides is 3. The topological polar surface area (TPSA) is 143 Å². The highest BCUT2D eigenvalue weighted by atomic mass is 19.4. The first kappa shape index (κ1) is 34.1. The van der Waals surface area contributed by atoms with E-state index in [9.17, 15) is 37.4 Å². The van der Waals surface area contributed by atoms with Gasteiger partial charge in [-0.2, -0.15) is 13.2 Å². The zero-order valence-corrected chi connectivity index (χ0v) is 27.3. The van der Waals surface area contributed by atoms with Gasteiger partial charge in [0.05, 0.1) is 24.9 Å². The molecule has 3 heterocycles. The van der Waals surface area contributed by atoms with Crippen LogP contribution in [0.25, 0.3) is 22.2 Å². The highest BCUT2D eigenvalue weighted by Gasteiger charge is 2.69. The van der Waals surface area contributed by atoms with Crippen LogP contribution in [-0.4, -0.2) is 70.1 Å². The summed E-state index contributed by atoms with van der Waals surface area (Å²) >= 11 is 0. The summed E-state index contributed by atoms with van der Waals surface area (Å²) in [5, 5.41) is 27.0. The maximum absolute atomic E-state index is 15.0. The lowest BCUT2D eigenvalue weighted by atomic mass is 9.88. The Hall–Kier alpha value is -4.82. The van der Waals surface area contributed by atoms with E-state index in [1.54, 1.807) is 19.2 Å². The number of aryl methyl sites for hydroxylation is 2. The molecule has 2 aromatic heterocycles. The van der Waals surface area contributed by atoms with Crippen LogP contribution in [0.3, 0.4) is 0 Å². The SMILES string of the molecule is COc1cc(C(=O)NC[C@](O)(c2cc3c(c(-c4ccc(F)c(C)c4)n2)OC2C[C@@]32C(=O)NCC(C)(C)O)C(F)(F)F)cc2cc(C)cnc12. The van der Waals surface area contributed by atoms with E-state index in [-0.39, 0.29) is 52.4 Å². The molecular formula is C35H34F4N4O6. The quantitative estimate of drug-likeness (QED) is 0.189. The molecule has 0 saturated heterocycles. The lowest BCUT2D eigenvalue weighted by Crippen LogP contribution is -2.51. The van der Waals surface area contributed by atoms with Gasteiger partial charge >= 0.3 is 6.18 Å². The van der Waals surface area contributed by atoms with Crippen LogP contribution in [0.15, 0.2) is 48.7 Å². The third kappa shape index (κ3) is 5.92. The number of nitrogens with one attached hydrogen (secondary N) is 2. The molecule has 0 bridgehead atoms. The van der Waals surface area contributed by atoms with Gasteiger partial charge in [-0.25, -0.2) is 9.37 Å². The van der Waals surface area contributed by atoms with Gasteiger partial charge in [-0.05, 0) is 81.3 Å². The van der Waals surface area contributed by atoms with Gasteiger partial charge in [-0.3, -0.25) is 14.6 Å². The normalized spacial score (nSPS) is 19.4. The van der Waals surface area contributed by atoms with Crippen molar-refractivity contribution in [2.45, 2.75) is 63.0 Å². The van der Waals surface area contributed by atoms with Crippen LogP contribution in [0.5, 0.6) is 11.5 Å². The van der Waals surface area contributed by atoms with Gasteiger partial charge in [-0.15, -0.1) is 0 Å². The van der Waals surface area contributed by atoms with Gasteiger partial charge in [0.15, 0.2) is 5.75 Å². The Kier molecular flexibility index (Phi) is 8.10. The van der Waals surface area contributed by atoms with E-state index in [4.69, 9.17) is 9.47 Å². The number of hydrogen-bond donors (Lipinski definition) is 4. The molecule has 2 amide bonds.